The molecule has 1 atom stereocenters. The van der Waals surface area contributed by atoms with Gasteiger partial charge in [-0.15, -0.1) is 0 Å². The van der Waals surface area contributed by atoms with Crippen LogP contribution in [0.4, 0.5) is 4.79 Å². The molecule has 0 saturated carbocycles. The molecule has 2 heterocycles. The van der Waals surface area contributed by atoms with Crippen LogP contribution in [0.1, 0.15) is 12.1 Å². The molecule has 0 radical (unpaired) electrons. The van der Waals surface area contributed by atoms with Gasteiger partial charge in [-0.3, -0.25) is 9.48 Å². The summed E-state index contributed by atoms with van der Waals surface area (Å²) in [5.41, 5.74) is 0.902. The molecule has 1 aromatic heterocycles. The molecule has 2 rings (SSSR count). The Labute approximate surface area is 121 Å². The highest BCUT2D eigenvalue weighted by Gasteiger charge is 2.28. The van der Waals surface area contributed by atoms with Gasteiger partial charge in [-0.2, -0.15) is 16.9 Å². The largest absolute Gasteiger partial charge is 0.481 e. The first-order chi connectivity index (χ1) is 9.58. The highest BCUT2D eigenvalue weighted by atomic mass is 32.2. The molecule has 1 unspecified atom stereocenters. The molecule has 110 valence electrons. The number of carbonyl (C=O) groups excluding carboxylic acids is 1. The predicted molar refractivity (Wildman–Crippen MR) is 75.5 cm³/mol. The quantitative estimate of drug-likeness (QED) is 0.846. The standard InChI is InChI=1S/C12H18N4O3S/c1-15-9(2-3-14-15)7-13-12(19)16-4-5-20-8-10(16)6-11(17)18/h2-3,10H,4-8H2,1H3,(H,13,19)(H,17,18). The maximum Gasteiger partial charge on any atom is 0.318 e. The van der Waals surface area contributed by atoms with E-state index in [-0.39, 0.29) is 18.5 Å². The van der Waals surface area contributed by atoms with Crippen molar-refractivity contribution in [3.63, 3.8) is 0 Å². The fourth-order valence-electron chi connectivity index (χ4n) is 2.14. The zero-order valence-electron chi connectivity index (χ0n) is 11.3. The number of aromatic nitrogens is 2. The Balaban J connectivity index is 1.92. The van der Waals surface area contributed by atoms with Gasteiger partial charge in [0.2, 0.25) is 0 Å². The molecule has 1 aliphatic rings. The lowest BCUT2D eigenvalue weighted by Crippen LogP contribution is -2.51. The van der Waals surface area contributed by atoms with Gasteiger partial charge >= 0.3 is 12.0 Å². The van der Waals surface area contributed by atoms with Crippen molar-refractivity contribution in [2.24, 2.45) is 7.05 Å². The fraction of sp³-hybridized carbons (Fsp3) is 0.583. The van der Waals surface area contributed by atoms with E-state index >= 15 is 0 Å². The van der Waals surface area contributed by atoms with Gasteiger partial charge in [-0.25, -0.2) is 4.79 Å². The molecule has 2 N–H and O–H groups in total. The summed E-state index contributed by atoms with van der Waals surface area (Å²) >= 11 is 1.69. The van der Waals surface area contributed by atoms with E-state index < -0.39 is 5.97 Å². The number of rotatable bonds is 4. The Kier molecular flexibility index (Phi) is 4.89. The number of amides is 2. The van der Waals surface area contributed by atoms with Crippen molar-refractivity contribution in [2.75, 3.05) is 18.1 Å². The minimum Gasteiger partial charge on any atom is -0.481 e. The van der Waals surface area contributed by atoms with Crippen molar-refractivity contribution in [1.29, 1.82) is 0 Å². The number of nitrogens with zero attached hydrogens (tertiary/aromatic N) is 3. The Hall–Kier alpha value is -1.70. The van der Waals surface area contributed by atoms with E-state index in [2.05, 4.69) is 10.4 Å². The van der Waals surface area contributed by atoms with Gasteiger partial charge in [0.1, 0.15) is 0 Å². The lowest BCUT2D eigenvalue weighted by molar-refractivity contribution is -0.137. The second-order valence-electron chi connectivity index (χ2n) is 4.62. The third kappa shape index (κ3) is 3.66. The molecule has 1 aliphatic heterocycles. The molecular formula is C12H18N4O3S. The van der Waals surface area contributed by atoms with Crippen molar-refractivity contribution < 1.29 is 14.7 Å². The zero-order chi connectivity index (χ0) is 14.5. The number of aryl methyl sites for hydroxylation is 1. The molecule has 8 heteroatoms. The van der Waals surface area contributed by atoms with Crippen molar-refractivity contribution in [3.05, 3.63) is 18.0 Å². The van der Waals surface area contributed by atoms with Crippen LogP contribution >= 0.6 is 11.8 Å². The molecule has 0 aromatic carbocycles. The Bertz CT molecular complexity index is 491. The topological polar surface area (TPSA) is 87.5 Å². The number of carboxylic acids is 1. The number of nitrogens with one attached hydrogen (secondary N) is 1. The molecule has 20 heavy (non-hydrogen) atoms. The molecule has 0 aliphatic carbocycles. The van der Waals surface area contributed by atoms with Gasteiger partial charge in [0.15, 0.2) is 0 Å². The average molecular weight is 298 g/mol. The van der Waals surface area contributed by atoms with Crippen molar-refractivity contribution >= 4 is 23.8 Å². The Morgan fingerprint density at radius 1 is 1.60 bits per heavy atom. The van der Waals surface area contributed by atoms with Crippen LogP contribution in [0.5, 0.6) is 0 Å². The molecule has 0 bridgehead atoms. The number of urea groups is 1. The molecule has 7 nitrogen and oxygen atoms in total. The normalized spacial score (nSPS) is 18.9. The summed E-state index contributed by atoms with van der Waals surface area (Å²) in [5, 5.41) is 15.8. The predicted octanol–water partition coefficient (Wildman–Crippen LogP) is 0.522. The lowest BCUT2D eigenvalue weighted by Gasteiger charge is -2.34. The van der Waals surface area contributed by atoms with E-state index in [1.165, 1.54) is 0 Å². The highest BCUT2D eigenvalue weighted by Crippen LogP contribution is 2.19. The number of carboxylic acid groups (broad SMARTS) is 1. The van der Waals surface area contributed by atoms with Crippen LogP contribution < -0.4 is 5.32 Å². The maximum absolute atomic E-state index is 12.2. The smallest absolute Gasteiger partial charge is 0.318 e. The number of hydrogen-bond donors (Lipinski definition) is 2. The summed E-state index contributed by atoms with van der Waals surface area (Å²) in [6, 6.07) is 1.39. The van der Waals surface area contributed by atoms with Crippen molar-refractivity contribution in [1.82, 2.24) is 20.0 Å². The van der Waals surface area contributed by atoms with E-state index in [4.69, 9.17) is 5.11 Å². The molecule has 1 aromatic rings. The van der Waals surface area contributed by atoms with Crippen molar-refractivity contribution in [3.8, 4) is 0 Å². The lowest BCUT2D eigenvalue weighted by atomic mass is 10.2. The van der Waals surface area contributed by atoms with E-state index in [0.29, 0.717) is 18.8 Å². The number of aliphatic carboxylic acids is 1. The van der Waals surface area contributed by atoms with Gasteiger partial charge in [0, 0.05) is 31.3 Å². The van der Waals surface area contributed by atoms with Crippen LogP contribution in [0.15, 0.2) is 12.3 Å². The van der Waals surface area contributed by atoms with E-state index in [0.717, 1.165) is 11.4 Å². The molecule has 2 amide bonds. The van der Waals surface area contributed by atoms with Crippen LogP contribution in [0.25, 0.3) is 0 Å². The zero-order valence-corrected chi connectivity index (χ0v) is 12.1. The minimum absolute atomic E-state index is 0.00781. The molecule has 1 fully saturated rings. The van der Waals surface area contributed by atoms with E-state index in [1.54, 1.807) is 27.5 Å². The van der Waals surface area contributed by atoms with Crippen LogP contribution in [-0.2, 0) is 18.4 Å². The van der Waals surface area contributed by atoms with E-state index in [9.17, 15) is 9.59 Å². The van der Waals surface area contributed by atoms with Crippen LogP contribution in [-0.4, -0.2) is 55.9 Å². The summed E-state index contributed by atoms with van der Waals surface area (Å²) in [6.07, 6.45) is 1.67. The van der Waals surface area contributed by atoms with Gasteiger partial charge in [-0.05, 0) is 6.07 Å². The number of hydrogen-bond acceptors (Lipinski definition) is 4. The van der Waals surface area contributed by atoms with Gasteiger partial charge in [0.05, 0.1) is 24.7 Å². The van der Waals surface area contributed by atoms with Gasteiger partial charge < -0.3 is 15.3 Å². The van der Waals surface area contributed by atoms with Gasteiger partial charge in [-0.1, -0.05) is 0 Å². The number of thioether (sulfide) groups is 1. The SMILES string of the molecule is Cn1nccc1CNC(=O)N1CCSCC1CC(=O)O. The monoisotopic (exact) mass is 298 g/mol. The first-order valence-corrected chi connectivity index (χ1v) is 7.54. The summed E-state index contributed by atoms with van der Waals surface area (Å²) in [7, 11) is 1.81. The van der Waals surface area contributed by atoms with E-state index in [1.807, 2.05) is 13.1 Å². The first kappa shape index (κ1) is 14.7. The van der Waals surface area contributed by atoms with Crippen LogP contribution in [0.2, 0.25) is 0 Å². The van der Waals surface area contributed by atoms with Crippen LogP contribution in [0, 0.1) is 0 Å². The second kappa shape index (κ2) is 6.65. The molecule has 0 spiro atoms. The summed E-state index contributed by atoms with van der Waals surface area (Å²) < 4.78 is 1.70. The van der Waals surface area contributed by atoms with Crippen LogP contribution in [0.3, 0.4) is 0 Å². The first-order valence-electron chi connectivity index (χ1n) is 6.39. The minimum atomic E-state index is -0.873. The highest BCUT2D eigenvalue weighted by molar-refractivity contribution is 7.99. The van der Waals surface area contributed by atoms with Gasteiger partial charge in [0.25, 0.3) is 0 Å². The second-order valence-corrected chi connectivity index (χ2v) is 5.77. The summed E-state index contributed by atoms with van der Waals surface area (Å²) in [5.74, 6) is 0.641. The molecular weight excluding hydrogens is 280 g/mol. The Morgan fingerprint density at radius 3 is 3.05 bits per heavy atom. The molecule has 1 saturated heterocycles. The average Bonchev–Trinajstić information content (AvgIpc) is 2.81. The third-order valence-electron chi connectivity index (χ3n) is 3.24. The number of carbonyl (C=O) groups is 2. The fourth-order valence-corrected chi connectivity index (χ4v) is 3.20. The third-order valence-corrected chi connectivity index (χ3v) is 4.33. The maximum atomic E-state index is 12.2. The Morgan fingerprint density at radius 2 is 2.40 bits per heavy atom. The van der Waals surface area contributed by atoms with Crippen molar-refractivity contribution in [2.45, 2.75) is 19.0 Å². The summed E-state index contributed by atoms with van der Waals surface area (Å²) in [6.45, 7) is 0.971. The summed E-state index contributed by atoms with van der Waals surface area (Å²) in [4.78, 5) is 24.7.